The maximum Gasteiger partial charge on any atom is 0.0951 e. The predicted octanol–water partition coefficient (Wildman–Crippen LogP) is 5.48. The SMILES string of the molecule is C[C@@H]1CCCN1CCc1nc2ccc(-c3ccc4c(ccn4C)c3)cc2s1. The summed E-state index contributed by atoms with van der Waals surface area (Å²) in [6.07, 6.45) is 5.87. The number of likely N-dealkylation sites (tertiary alicyclic amines) is 1. The molecule has 2 aromatic carbocycles. The van der Waals surface area contributed by atoms with Crippen molar-refractivity contribution in [3.63, 3.8) is 0 Å². The molecule has 138 valence electrons. The summed E-state index contributed by atoms with van der Waals surface area (Å²) in [6, 6.07) is 16.3. The molecule has 0 N–H and O–H groups in total. The standard InChI is InChI=1S/C23H25N3S/c1-16-4-3-11-26(16)13-10-23-24-20-7-5-18(15-22(20)27-23)17-6-8-21-19(14-17)9-12-25(21)2/h5-9,12,14-16H,3-4,10-11,13H2,1-2H3/t16-/m1/s1. The highest BCUT2D eigenvalue weighted by Gasteiger charge is 2.20. The Bertz CT molecular complexity index is 1110. The Balaban J connectivity index is 1.40. The van der Waals surface area contributed by atoms with Gasteiger partial charge in [0.15, 0.2) is 0 Å². The van der Waals surface area contributed by atoms with Crippen molar-refractivity contribution in [2.75, 3.05) is 13.1 Å². The van der Waals surface area contributed by atoms with Crippen LogP contribution in [0.1, 0.15) is 24.8 Å². The Morgan fingerprint density at radius 2 is 1.96 bits per heavy atom. The fraction of sp³-hybridized carbons (Fsp3) is 0.348. The molecule has 1 aliphatic rings. The summed E-state index contributed by atoms with van der Waals surface area (Å²) in [6.45, 7) is 4.73. The number of rotatable bonds is 4. The van der Waals surface area contributed by atoms with Gasteiger partial charge < -0.3 is 9.47 Å². The normalized spacial score (nSPS) is 18.1. The van der Waals surface area contributed by atoms with Crippen LogP contribution in [0.2, 0.25) is 0 Å². The van der Waals surface area contributed by atoms with Gasteiger partial charge in [0, 0.05) is 43.2 Å². The molecule has 1 atom stereocenters. The minimum atomic E-state index is 0.735. The van der Waals surface area contributed by atoms with Crippen LogP contribution in [0.25, 0.3) is 32.2 Å². The number of hydrogen-bond acceptors (Lipinski definition) is 3. The highest BCUT2D eigenvalue weighted by Crippen LogP contribution is 2.30. The summed E-state index contributed by atoms with van der Waals surface area (Å²) < 4.78 is 3.46. The van der Waals surface area contributed by atoms with Crippen LogP contribution < -0.4 is 0 Å². The first-order valence-corrected chi connectivity index (χ1v) is 10.7. The molecule has 1 fully saturated rings. The molecule has 4 aromatic rings. The van der Waals surface area contributed by atoms with Crippen molar-refractivity contribution in [3.05, 3.63) is 53.7 Å². The molecule has 0 unspecified atom stereocenters. The second-order valence-corrected chi connectivity index (χ2v) is 8.88. The first-order valence-electron chi connectivity index (χ1n) is 9.86. The van der Waals surface area contributed by atoms with Crippen molar-refractivity contribution >= 4 is 32.5 Å². The number of benzene rings is 2. The monoisotopic (exact) mass is 375 g/mol. The third kappa shape index (κ3) is 3.17. The zero-order chi connectivity index (χ0) is 18.4. The lowest BCUT2D eigenvalue weighted by atomic mass is 10.0. The van der Waals surface area contributed by atoms with E-state index in [0.717, 1.165) is 24.5 Å². The molecule has 0 aliphatic carbocycles. The molecule has 27 heavy (non-hydrogen) atoms. The van der Waals surface area contributed by atoms with E-state index >= 15 is 0 Å². The van der Waals surface area contributed by atoms with Crippen LogP contribution in [-0.4, -0.2) is 33.6 Å². The lowest BCUT2D eigenvalue weighted by Crippen LogP contribution is -2.28. The van der Waals surface area contributed by atoms with Gasteiger partial charge in [0.1, 0.15) is 0 Å². The third-order valence-electron chi connectivity index (χ3n) is 5.95. The molecule has 1 saturated heterocycles. The van der Waals surface area contributed by atoms with Crippen molar-refractivity contribution in [2.45, 2.75) is 32.2 Å². The third-order valence-corrected chi connectivity index (χ3v) is 7.03. The summed E-state index contributed by atoms with van der Waals surface area (Å²) in [4.78, 5) is 7.48. The maximum atomic E-state index is 4.88. The van der Waals surface area contributed by atoms with Crippen molar-refractivity contribution in [1.29, 1.82) is 0 Å². The van der Waals surface area contributed by atoms with Gasteiger partial charge in [-0.15, -0.1) is 11.3 Å². The summed E-state index contributed by atoms with van der Waals surface area (Å²) in [7, 11) is 2.09. The predicted molar refractivity (Wildman–Crippen MR) is 116 cm³/mol. The van der Waals surface area contributed by atoms with Crippen molar-refractivity contribution in [1.82, 2.24) is 14.5 Å². The van der Waals surface area contributed by atoms with Crippen molar-refractivity contribution < 1.29 is 0 Å². The van der Waals surface area contributed by atoms with Gasteiger partial charge in [0.2, 0.25) is 0 Å². The van der Waals surface area contributed by atoms with Crippen LogP contribution in [0.4, 0.5) is 0 Å². The Labute approximate surface area is 164 Å². The molecule has 2 aromatic heterocycles. The molecule has 4 heteroatoms. The van der Waals surface area contributed by atoms with Crippen LogP contribution >= 0.6 is 11.3 Å². The average Bonchev–Trinajstić information content (AvgIpc) is 3.37. The Morgan fingerprint density at radius 1 is 1.11 bits per heavy atom. The maximum absolute atomic E-state index is 4.88. The molecule has 0 amide bonds. The quantitative estimate of drug-likeness (QED) is 0.471. The molecule has 0 bridgehead atoms. The van der Waals surface area contributed by atoms with E-state index in [-0.39, 0.29) is 0 Å². The molecule has 1 aliphatic heterocycles. The van der Waals surface area contributed by atoms with E-state index in [1.807, 2.05) is 11.3 Å². The van der Waals surface area contributed by atoms with Crippen molar-refractivity contribution in [2.24, 2.45) is 7.05 Å². The second-order valence-electron chi connectivity index (χ2n) is 7.77. The second kappa shape index (κ2) is 6.77. The van der Waals surface area contributed by atoms with Gasteiger partial charge in [-0.1, -0.05) is 12.1 Å². The largest absolute Gasteiger partial charge is 0.351 e. The number of aryl methyl sites for hydroxylation is 1. The highest BCUT2D eigenvalue weighted by atomic mass is 32.1. The minimum absolute atomic E-state index is 0.735. The van der Waals surface area contributed by atoms with Gasteiger partial charge in [-0.2, -0.15) is 0 Å². The number of thiazole rings is 1. The highest BCUT2D eigenvalue weighted by molar-refractivity contribution is 7.18. The van der Waals surface area contributed by atoms with Gasteiger partial charge in [-0.05, 0) is 67.8 Å². The molecular formula is C23H25N3S. The van der Waals surface area contributed by atoms with Gasteiger partial charge in [0.25, 0.3) is 0 Å². The zero-order valence-electron chi connectivity index (χ0n) is 16.0. The van der Waals surface area contributed by atoms with E-state index in [2.05, 4.69) is 72.1 Å². The molecule has 5 rings (SSSR count). The summed E-state index contributed by atoms with van der Waals surface area (Å²) in [5, 5.41) is 2.56. The molecule has 0 spiro atoms. The first kappa shape index (κ1) is 17.0. The van der Waals surface area contributed by atoms with E-state index in [9.17, 15) is 0 Å². The van der Waals surface area contributed by atoms with Crippen LogP contribution in [0, 0.1) is 0 Å². The molecule has 3 nitrogen and oxygen atoms in total. The smallest absolute Gasteiger partial charge is 0.0951 e. The summed E-state index contributed by atoms with van der Waals surface area (Å²) in [5.41, 5.74) is 4.96. The van der Waals surface area contributed by atoms with Gasteiger partial charge in [-0.25, -0.2) is 4.98 Å². The number of nitrogens with zero attached hydrogens (tertiary/aromatic N) is 3. The van der Waals surface area contributed by atoms with Crippen LogP contribution in [-0.2, 0) is 13.5 Å². The van der Waals surface area contributed by atoms with E-state index in [1.54, 1.807) is 0 Å². The minimum Gasteiger partial charge on any atom is -0.351 e. The lowest BCUT2D eigenvalue weighted by Gasteiger charge is -2.19. The van der Waals surface area contributed by atoms with Gasteiger partial charge >= 0.3 is 0 Å². The van der Waals surface area contributed by atoms with Gasteiger partial charge in [-0.3, -0.25) is 0 Å². The fourth-order valence-corrected chi connectivity index (χ4v) is 5.28. The van der Waals surface area contributed by atoms with E-state index in [4.69, 9.17) is 4.98 Å². The molecule has 0 saturated carbocycles. The van der Waals surface area contributed by atoms with Crippen LogP contribution in [0.5, 0.6) is 0 Å². The summed E-state index contributed by atoms with van der Waals surface area (Å²) in [5.74, 6) is 0. The Morgan fingerprint density at radius 3 is 2.81 bits per heavy atom. The van der Waals surface area contributed by atoms with Crippen molar-refractivity contribution in [3.8, 4) is 11.1 Å². The zero-order valence-corrected chi connectivity index (χ0v) is 16.8. The number of hydrogen-bond donors (Lipinski definition) is 0. The first-order chi connectivity index (χ1) is 13.2. The molecule has 0 radical (unpaired) electrons. The number of fused-ring (bicyclic) bond motifs is 2. The van der Waals surface area contributed by atoms with Crippen LogP contribution in [0.3, 0.4) is 0 Å². The molecular weight excluding hydrogens is 350 g/mol. The molecule has 3 heterocycles. The average molecular weight is 376 g/mol. The fourth-order valence-electron chi connectivity index (χ4n) is 4.28. The Kier molecular flexibility index (Phi) is 4.25. The lowest BCUT2D eigenvalue weighted by molar-refractivity contribution is 0.272. The van der Waals surface area contributed by atoms with Gasteiger partial charge in [0.05, 0.1) is 15.2 Å². The van der Waals surface area contributed by atoms with E-state index in [0.29, 0.717) is 0 Å². The van der Waals surface area contributed by atoms with Crippen LogP contribution in [0.15, 0.2) is 48.7 Å². The van der Waals surface area contributed by atoms with E-state index in [1.165, 1.54) is 51.1 Å². The Hall–Kier alpha value is -2.17. The topological polar surface area (TPSA) is 21.1 Å². The summed E-state index contributed by atoms with van der Waals surface area (Å²) >= 11 is 1.86. The number of aromatic nitrogens is 2. The van der Waals surface area contributed by atoms with E-state index < -0.39 is 0 Å².